The van der Waals surface area contributed by atoms with Crippen LogP contribution in [0.2, 0.25) is 0 Å². The van der Waals surface area contributed by atoms with E-state index in [1.54, 1.807) is 11.3 Å². The van der Waals surface area contributed by atoms with E-state index in [2.05, 4.69) is 27.1 Å². The van der Waals surface area contributed by atoms with Crippen molar-refractivity contribution in [2.75, 3.05) is 6.54 Å². The van der Waals surface area contributed by atoms with E-state index in [1.165, 1.54) is 16.9 Å². The summed E-state index contributed by atoms with van der Waals surface area (Å²) in [6.07, 6.45) is 3.36. The first kappa shape index (κ1) is 13.9. The van der Waals surface area contributed by atoms with E-state index >= 15 is 0 Å². The lowest BCUT2D eigenvalue weighted by atomic mass is 9.88. The van der Waals surface area contributed by atoms with Gasteiger partial charge in [-0.05, 0) is 37.7 Å². The van der Waals surface area contributed by atoms with Gasteiger partial charge in [0.2, 0.25) is 0 Å². The summed E-state index contributed by atoms with van der Waals surface area (Å²) in [6, 6.07) is 0. The highest BCUT2D eigenvalue weighted by atomic mass is 32.1. The van der Waals surface area contributed by atoms with Gasteiger partial charge >= 0.3 is 0 Å². The average molecular weight is 316 g/mol. The summed E-state index contributed by atoms with van der Waals surface area (Å²) in [6.45, 7) is 6.37. The summed E-state index contributed by atoms with van der Waals surface area (Å²) in [7, 11) is 0. The second kappa shape index (κ2) is 5.19. The molecule has 0 radical (unpaired) electrons. The number of amides is 1. The Morgan fingerprint density at radius 3 is 3.09 bits per heavy atom. The van der Waals surface area contributed by atoms with E-state index in [0.29, 0.717) is 6.54 Å². The molecule has 1 aliphatic heterocycles. The van der Waals surface area contributed by atoms with Crippen LogP contribution in [0.3, 0.4) is 0 Å². The number of rotatable bonds is 1. The first-order valence-corrected chi connectivity index (χ1v) is 8.78. The minimum absolute atomic E-state index is 0.166. The zero-order valence-electron chi connectivity index (χ0n) is 13.0. The van der Waals surface area contributed by atoms with Crippen molar-refractivity contribution in [3.63, 3.8) is 0 Å². The molecule has 1 amide bonds. The number of carbonyl (C=O) groups is 1. The Labute approximate surface area is 134 Å². The molecular formula is C16H20N4OS. The number of hydrogen-bond acceptors (Lipinski definition) is 4. The van der Waals surface area contributed by atoms with Crippen molar-refractivity contribution in [1.82, 2.24) is 19.7 Å². The highest BCUT2D eigenvalue weighted by molar-refractivity contribution is 7.10. The molecule has 5 nitrogen and oxygen atoms in total. The van der Waals surface area contributed by atoms with Gasteiger partial charge in [-0.1, -0.05) is 6.92 Å². The van der Waals surface area contributed by atoms with Crippen LogP contribution in [0.5, 0.6) is 0 Å². The van der Waals surface area contributed by atoms with Crippen molar-refractivity contribution in [2.24, 2.45) is 5.92 Å². The third-order valence-corrected chi connectivity index (χ3v) is 5.91. The van der Waals surface area contributed by atoms with Gasteiger partial charge in [0, 0.05) is 23.3 Å². The number of hydrogen-bond donors (Lipinski definition) is 0. The number of carbonyl (C=O) groups excluding carboxylic acids is 1. The number of aromatic nitrogens is 3. The Morgan fingerprint density at radius 2 is 2.23 bits per heavy atom. The van der Waals surface area contributed by atoms with Crippen molar-refractivity contribution in [3.8, 4) is 0 Å². The first-order chi connectivity index (χ1) is 10.6. The van der Waals surface area contributed by atoms with Gasteiger partial charge in [0.15, 0.2) is 5.82 Å². The van der Waals surface area contributed by atoms with E-state index in [-0.39, 0.29) is 5.91 Å². The highest BCUT2D eigenvalue weighted by Gasteiger charge is 2.29. The van der Waals surface area contributed by atoms with E-state index in [0.717, 1.165) is 49.1 Å². The van der Waals surface area contributed by atoms with Crippen molar-refractivity contribution < 1.29 is 4.79 Å². The van der Waals surface area contributed by atoms with Crippen LogP contribution in [0.4, 0.5) is 0 Å². The molecule has 4 rings (SSSR count). The molecule has 0 spiro atoms. The minimum atomic E-state index is 0.166. The average Bonchev–Trinajstić information content (AvgIpc) is 3.10. The monoisotopic (exact) mass is 316 g/mol. The summed E-state index contributed by atoms with van der Waals surface area (Å²) in [5.41, 5.74) is 2.23. The van der Waals surface area contributed by atoms with Crippen LogP contribution in [-0.4, -0.2) is 32.1 Å². The van der Waals surface area contributed by atoms with Crippen molar-refractivity contribution in [2.45, 2.75) is 46.2 Å². The molecule has 2 aromatic heterocycles. The van der Waals surface area contributed by atoms with Crippen molar-refractivity contribution in [3.05, 3.63) is 33.0 Å². The molecule has 0 aromatic carbocycles. The van der Waals surface area contributed by atoms with Gasteiger partial charge in [0.05, 0.1) is 12.1 Å². The standard InChI is InChI=1S/C16H20N4OS/c1-10-3-4-12-13(9-22-14(12)7-10)16(21)19-5-6-20-11(2)17-18-15(20)8-19/h9-10H,3-8H2,1-2H3. The Balaban J connectivity index is 1.58. The Kier molecular flexibility index (Phi) is 3.29. The molecule has 6 heteroatoms. The summed E-state index contributed by atoms with van der Waals surface area (Å²) in [4.78, 5) is 16.2. The maximum absolute atomic E-state index is 12.9. The van der Waals surface area contributed by atoms with Gasteiger partial charge in [0.25, 0.3) is 5.91 Å². The zero-order chi connectivity index (χ0) is 15.3. The number of thiophene rings is 1. The predicted molar refractivity (Wildman–Crippen MR) is 85.0 cm³/mol. The van der Waals surface area contributed by atoms with Crippen LogP contribution in [0.15, 0.2) is 5.38 Å². The molecule has 22 heavy (non-hydrogen) atoms. The molecule has 0 bridgehead atoms. The lowest BCUT2D eigenvalue weighted by Crippen LogP contribution is -2.39. The van der Waals surface area contributed by atoms with Crippen LogP contribution < -0.4 is 0 Å². The first-order valence-electron chi connectivity index (χ1n) is 7.90. The molecule has 0 N–H and O–H groups in total. The van der Waals surface area contributed by atoms with Crippen LogP contribution in [0.1, 0.15) is 45.8 Å². The summed E-state index contributed by atoms with van der Waals surface area (Å²) in [5.74, 6) is 2.74. The summed E-state index contributed by atoms with van der Waals surface area (Å²) < 4.78 is 2.11. The second-order valence-electron chi connectivity index (χ2n) is 6.44. The molecule has 0 saturated heterocycles. The Bertz CT molecular complexity index is 733. The molecule has 1 unspecified atom stereocenters. The molecule has 3 heterocycles. The van der Waals surface area contributed by atoms with E-state index in [4.69, 9.17) is 0 Å². The molecule has 1 aliphatic carbocycles. The molecule has 0 saturated carbocycles. The number of aryl methyl sites for hydroxylation is 1. The largest absolute Gasteiger partial charge is 0.329 e. The van der Waals surface area contributed by atoms with Crippen molar-refractivity contribution >= 4 is 17.2 Å². The van der Waals surface area contributed by atoms with E-state index in [9.17, 15) is 4.79 Å². The van der Waals surface area contributed by atoms with Gasteiger partial charge < -0.3 is 9.47 Å². The third-order valence-electron chi connectivity index (χ3n) is 4.86. The van der Waals surface area contributed by atoms with Gasteiger partial charge in [-0.3, -0.25) is 4.79 Å². The maximum Gasteiger partial charge on any atom is 0.255 e. The van der Waals surface area contributed by atoms with E-state index in [1.807, 2.05) is 11.8 Å². The molecule has 116 valence electrons. The second-order valence-corrected chi connectivity index (χ2v) is 7.41. The smallest absolute Gasteiger partial charge is 0.255 e. The quantitative estimate of drug-likeness (QED) is 0.812. The molecule has 1 atom stereocenters. The normalized spacial score (nSPS) is 20.6. The minimum Gasteiger partial charge on any atom is -0.329 e. The zero-order valence-corrected chi connectivity index (χ0v) is 13.8. The molecule has 0 fully saturated rings. The fourth-order valence-corrected chi connectivity index (χ4v) is 4.74. The van der Waals surface area contributed by atoms with Gasteiger partial charge in [-0.2, -0.15) is 0 Å². The fraction of sp³-hybridized carbons (Fsp3) is 0.562. The Hall–Kier alpha value is -1.69. The van der Waals surface area contributed by atoms with Crippen molar-refractivity contribution in [1.29, 1.82) is 0 Å². The summed E-state index contributed by atoms with van der Waals surface area (Å²) >= 11 is 1.76. The van der Waals surface area contributed by atoms with Gasteiger partial charge in [-0.25, -0.2) is 0 Å². The van der Waals surface area contributed by atoms with Gasteiger partial charge in [0.1, 0.15) is 5.82 Å². The van der Waals surface area contributed by atoms with Gasteiger partial charge in [-0.15, -0.1) is 21.5 Å². The predicted octanol–water partition coefficient (Wildman–Crippen LogP) is 2.43. The highest BCUT2D eigenvalue weighted by Crippen LogP contribution is 2.33. The topological polar surface area (TPSA) is 51.0 Å². The van der Waals surface area contributed by atoms with Crippen LogP contribution in [0, 0.1) is 12.8 Å². The molecular weight excluding hydrogens is 296 g/mol. The lowest BCUT2D eigenvalue weighted by Gasteiger charge is -2.28. The third kappa shape index (κ3) is 2.17. The SMILES string of the molecule is Cc1nnc2n1CCN(C(=O)c1csc3c1CCC(C)C3)C2. The number of fused-ring (bicyclic) bond motifs is 2. The fourth-order valence-electron chi connectivity index (χ4n) is 3.50. The lowest BCUT2D eigenvalue weighted by molar-refractivity contribution is 0.0705. The molecule has 2 aromatic rings. The van der Waals surface area contributed by atoms with E-state index < -0.39 is 0 Å². The Morgan fingerprint density at radius 1 is 1.36 bits per heavy atom. The summed E-state index contributed by atoms with van der Waals surface area (Å²) in [5, 5.41) is 10.4. The molecule has 2 aliphatic rings. The maximum atomic E-state index is 12.9. The van der Waals surface area contributed by atoms with Crippen LogP contribution >= 0.6 is 11.3 Å². The number of nitrogens with zero attached hydrogens (tertiary/aromatic N) is 4. The van der Waals surface area contributed by atoms with Crippen LogP contribution in [0.25, 0.3) is 0 Å². The van der Waals surface area contributed by atoms with Crippen LogP contribution in [-0.2, 0) is 25.9 Å².